The average molecular weight is 347 g/mol. The summed E-state index contributed by atoms with van der Waals surface area (Å²) in [6.45, 7) is 5.80. The number of likely N-dealkylation sites (tertiary alicyclic amines) is 1. The summed E-state index contributed by atoms with van der Waals surface area (Å²) in [6, 6.07) is 17.4. The molecular weight excluding hydrogens is 322 g/mol. The van der Waals surface area contributed by atoms with Gasteiger partial charge in [0.25, 0.3) is 5.91 Å². The predicted molar refractivity (Wildman–Crippen MR) is 104 cm³/mol. The fraction of sp³-hybridized carbons (Fsp3) is 0.364. The normalized spacial score (nSPS) is 17.0. The molecule has 1 amide bonds. The molecular formula is C22H25N3O. The molecule has 0 aromatic heterocycles. The van der Waals surface area contributed by atoms with Crippen molar-refractivity contribution in [2.45, 2.75) is 13.3 Å². The van der Waals surface area contributed by atoms with E-state index in [0.717, 1.165) is 49.3 Å². The molecule has 2 aromatic carbocycles. The van der Waals surface area contributed by atoms with Gasteiger partial charge in [0.2, 0.25) is 0 Å². The summed E-state index contributed by atoms with van der Waals surface area (Å²) in [6.07, 6.45) is 1.16. The molecule has 4 heteroatoms. The number of benzene rings is 2. The molecule has 1 atom stereocenters. The van der Waals surface area contributed by atoms with Crippen LogP contribution in [0.2, 0.25) is 0 Å². The standard InChI is InChI=1S/C22H25N3O/c1-3-25(16-18-12-13-24(2)15-18)22(26)21-10-8-20(9-11-21)19-6-4-17(14-23)5-7-19/h4-11,18H,3,12-13,15-16H2,1-2H3/t18-/m0/s1. The van der Waals surface area contributed by atoms with Crippen LogP contribution in [0.5, 0.6) is 0 Å². The quantitative estimate of drug-likeness (QED) is 0.830. The van der Waals surface area contributed by atoms with E-state index in [4.69, 9.17) is 5.26 Å². The highest BCUT2D eigenvalue weighted by Gasteiger charge is 2.24. The Labute approximate surface area is 155 Å². The first-order valence-corrected chi connectivity index (χ1v) is 9.19. The third-order valence-electron chi connectivity index (χ3n) is 5.12. The Balaban J connectivity index is 1.69. The molecule has 1 saturated heterocycles. The zero-order valence-electron chi connectivity index (χ0n) is 15.5. The van der Waals surface area contributed by atoms with Crippen molar-refractivity contribution in [2.24, 2.45) is 5.92 Å². The molecule has 0 radical (unpaired) electrons. The zero-order chi connectivity index (χ0) is 18.5. The minimum Gasteiger partial charge on any atom is -0.339 e. The lowest BCUT2D eigenvalue weighted by molar-refractivity contribution is 0.0740. The molecule has 134 valence electrons. The molecule has 1 aliphatic rings. The van der Waals surface area contributed by atoms with E-state index >= 15 is 0 Å². The molecule has 3 rings (SSSR count). The molecule has 1 fully saturated rings. The van der Waals surface area contributed by atoms with E-state index in [9.17, 15) is 4.79 Å². The number of carbonyl (C=O) groups is 1. The first-order valence-electron chi connectivity index (χ1n) is 9.19. The smallest absolute Gasteiger partial charge is 0.253 e. The lowest BCUT2D eigenvalue weighted by Crippen LogP contribution is -2.36. The van der Waals surface area contributed by atoms with Crippen LogP contribution in [-0.2, 0) is 0 Å². The maximum Gasteiger partial charge on any atom is 0.253 e. The Kier molecular flexibility index (Phi) is 5.70. The number of nitriles is 1. The highest BCUT2D eigenvalue weighted by atomic mass is 16.2. The largest absolute Gasteiger partial charge is 0.339 e. The molecule has 0 unspecified atom stereocenters. The maximum atomic E-state index is 12.9. The SMILES string of the molecule is CCN(C[C@H]1CCN(C)C1)C(=O)c1ccc(-c2ccc(C#N)cc2)cc1. The van der Waals surface area contributed by atoms with E-state index in [1.807, 2.05) is 60.4 Å². The van der Waals surface area contributed by atoms with Crippen LogP contribution in [0.25, 0.3) is 11.1 Å². The van der Waals surface area contributed by atoms with Gasteiger partial charge in [-0.05, 0) is 68.2 Å². The minimum absolute atomic E-state index is 0.105. The fourth-order valence-electron chi connectivity index (χ4n) is 3.57. The molecule has 0 saturated carbocycles. The van der Waals surface area contributed by atoms with Crippen molar-refractivity contribution in [3.63, 3.8) is 0 Å². The second-order valence-corrected chi connectivity index (χ2v) is 7.03. The number of nitrogens with zero attached hydrogens (tertiary/aromatic N) is 3. The van der Waals surface area contributed by atoms with Crippen molar-refractivity contribution < 1.29 is 4.79 Å². The fourth-order valence-corrected chi connectivity index (χ4v) is 3.57. The van der Waals surface area contributed by atoms with Gasteiger partial charge in [0.05, 0.1) is 11.6 Å². The Bertz CT molecular complexity index is 790. The van der Waals surface area contributed by atoms with Crippen LogP contribution >= 0.6 is 0 Å². The Morgan fingerprint density at radius 3 is 2.27 bits per heavy atom. The second-order valence-electron chi connectivity index (χ2n) is 7.03. The first kappa shape index (κ1) is 18.2. The monoisotopic (exact) mass is 347 g/mol. The van der Waals surface area contributed by atoms with Crippen molar-refractivity contribution in [1.82, 2.24) is 9.80 Å². The molecule has 26 heavy (non-hydrogen) atoms. The van der Waals surface area contributed by atoms with Crippen LogP contribution in [-0.4, -0.2) is 48.9 Å². The summed E-state index contributed by atoms with van der Waals surface area (Å²) in [5.74, 6) is 0.676. The van der Waals surface area contributed by atoms with E-state index < -0.39 is 0 Å². The van der Waals surface area contributed by atoms with E-state index in [1.54, 1.807) is 0 Å². The predicted octanol–water partition coefficient (Wildman–Crippen LogP) is 3.64. The van der Waals surface area contributed by atoms with E-state index in [0.29, 0.717) is 11.5 Å². The summed E-state index contributed by atoms with van der Waals surface area (Å²) in [7, 11) is 2.14. The number of amides is 1. The van der Waals surface area contributed by atoms with Crippen molar-refractivity contribution >= 4 is 5.91 Å². The Morgan fingerprint density at radius 2 is 1.77 bits per heavy atom. The molecule has 1 heterocycles. The molecule has 0 spiro atoms. The van der Waals surface area contributed by atoms with Gasteiger partial charge in [-0.1, -0.05) is 24.3 Å². The third-order valence-corrected chi connectivity index (χ3v) is 5.12. The molecule has 4 nitrogen and oxygen atoms in total. The molecule has 0 aliphatic carbocycles. The van der Waals surface area contributed by atoms with Crippen LogP contribution < -0.4 is 0 Å². The maximum absolute atomic E-state index is 12.9. The van der Waals surface area contributed by atoms with Crippen LogP contribution in [0, 0.1) is 17.2 Å². The Hall–Kier alpha value is -2.64. The van der Waals surface area contributed by atoms with Crippen molar-refractivity contribution in [2.75, 3.05) is 33.2 Å². The van der Waals surface area contributed by atoms with Gasteiger partial charge < -0.3 is 9.80 Å². The minimum atomic E-state index is 0.105. The number of hydrogen-bond donors (Lipinski definition) is 0. The second kappa shape index (κ2) is 8.16. The number of rotatable bonds is 5. The van der Waals surface area contributed by atoms with Crippen LogP contribution in [0.15, 0.2) is 48.5 Å². The van der Waals surface area contributed by atoms with E-state index in [-0.39, 0.29) is 5.91 Å². The van der Waals surface area contributed by atoms with Crippen LogP contribution in [0.1, 0.15) is 29.3 Å². The number of carbonyl (C=O) groups excluding carboxylic acids is 1. The van der Waals surface area contributed by atoms with Crippen molar-refractivity contribution in [3.8, 4) is 17.2 Å². The topological polar surface area (TPSA) is 47.3 Å². The number of hydrogen-bond acceptors (Lipinski definition) is 3. The lowest BCUT2D eigenvalue weighted by atomic mass is 10.0. The van der Waals surface area contributed by atoms with Crippen molar-refractivity contribution in [3.05, 3.63) is 59.7 Å². The van der Waals surface area contributed by atoms with Gasteiger partial charge in [-0.3, -0.25) is 4.79 Å². The summed E-state index contributed by atoms with van der Waals surface area (Å²) in [5, 5.41) is 8.89. The van der Waals surface area contributed by atoms with Crippen LogP contribution in [0.4, 0.5) is 0 Å². The van der Waals surface area contributed by atoms with Crippen molar-refractivity contribution in [1.29, 1.82) is 5.26 Å². The average Bonchev–Trinajstić information content (AvgIpc) is 3.10. The van der Waals surface area contributed by atoms with E-state index in [2.05, 4.69) is 18.0 Å². The zero-order valence-corrected chi connectivity index (χ0v) is 15.5. The van der Waals surface area contributed by atoms with Gasteiger partial charge in [0.15, 0.2) is 0 Å². The molecule has 0 bridgehead atoms. The van der Waals surface area contributed by atoms with Gasteiger partial charge in [-0.15, -0.1) is 0 Å². The molecule has 1 aliphatic heterocycles. The highest BCUT2D eigenvalue weighted by molar-refractivity contribution is 5.94. The summed E-state index contributed by atoms with van der Waals surface area (Å²) in [5.41, 5.74) is 3.48. The third kappa shape index (κ3) is 4.12. The van der Waals surface area contributed by atoms with E-state index in [1.165, 1.54) is 0 Å². The lowest BCUT2D eigenvalue weighted by Gasteiger charge is -2.24. The Morgan fingerprint density at radius 1 is 1.15 bits per heavy atom. The first-order chi connectivity index (χ1) is 12.6. The van der Waals surface area contributed by atoms with Gasteiger partial charge in [0, 0.05) is 25.2 Å². The summed E-state index contributed by atoms with van der Waals surface area (Å²) < 4.78 is 0. The van der Waals surface area contributed by atoms with Crippen LogP contribution in [0.3, 0.4) is 0 Å². The van der Waals surface area contributed by atoms with Gasteiger partial charge in [0.1, 0.15) is 0 Å². The summed E-state index contributed by atoms with van der Waals surface area (Å²) >= 11 is 0. The van der Waals surface area contributed by atoms with Gasteiger partial charge in [-0.2, -0.15) is 5.26 Å². The summed E-state index contributed by atoms with van der Waals surface area (Å²) in [4.78, 5) is 17.1. The highest BCUT2D eigenvalue weighted by Crippen LogP contribution is 2.22. The van der Waals surface area contributed by atoms with Gasteiger partial charge >= 0.3 is 0 Å². The molecule has 2 aromatic rings. The van der Waals surface area contributed by atoms with Gasteiger partial charge in [-0.25, -0.2) is 0 Å². The molecule has 0 N–H and O–H groups in total.